The fourth-order valence-electron chi connectivity index (χ4n) is 3.24. The maximum atomic E-state index is 12.5. The summed E-state index contributed by atoms with van der Waals surface area (Å²) in [4.78, 5) is 14.4. The molecule has 0 saturated carbocycles. The van der Waals surface area contributed by atoms with Gasteiger partial charge in [0.25, 0.3) is 5.91 Å². The molecule has 0 aliphatic carbocycles. The van der Waals surface area contributed by atoms with E-state index in [9.17, 15) is 9.90 Å². The van der Waals surface area contributed by atoms with Crippen molar-refractivity contribution in [3.05, 3.63) is 29.8 Å². The third-order valence-electron chi connectivity index (χ3n) is 4.04. The lowest BCUT2D eigenvalue weighted by atomic mass is 10.0. The van der Waals surface area contributed by atoms with Crippen LogP contribution in [0.2, 0.25) is 0 Å². The van der Waals surface area contributed by atoms with E-state index in [4.69, 9.17) is 11.6 Å². The van der Waals surface area contributed by atoms with Crippen LogP contribution < -0.4 is 0 Å². The zero-order valence-corrected chi connectivity index (χ0v) is 10.8. The van der Waals surface area contributed by atoms with E-state index in [1.165, 1.54) is 0 Å². The first-order valence-electron chi connectivity index (χ1n) is 6.41. The number of hydrogen-bond acceptors (Lipinski definition) is 2. The van der Waals surface area contributed by atoms with Gasteiger partial charge in [-0.15, -0.1) is 11.6 Å². The van der Waals surface area contributed by atoms with E-state index in [0.29, 0.717) is 5.56 Å². The second kappa shape index (κ2) is 4.47. The van der Waals surface area contributed by atoms with Crippen LogP contribution in [0, 0.1) is 0 Å². The highest BCUT2D eigenvalue weighted by Crippen LogP contribution is 2.39. The lowest BCUT2D eigenvalue weighted by Crippen LogP contribution is -2.46. The molecular weight excluding hydrogens is 250 g/mol. The fraction of sp³-hybridized carbons (Fsp3) is 0.500. The summed E-state index contributed by atoms with van der Waals surface area (Å²) in [6, 6.07) is 7.25. The summed E-state index contributed by atoms with van der Waals surface area (Å²) < 4.78 is 0. The minimum absolute atomic E-state index is 0.0517. The number of fused-ring (bicyclic) bond motifs is 2. The Hall–Kier alpha value is -1.22. The van der Waals surface area contributed by atoms with E-state index >= 15 is 0 Å². The van der Waals surface area contributed by atoms with Gasteiger partial charge in [0, 0.05) is 17.5 Å². The second-order valence-corrected chi connectivity index (χ2v) is 5.80. The number of phenolic OH excluding ortho intramolecular Hbond substituents is 1. The van der Waals surface area contributed by atoms with E-state index < -0.39 is 0 Å². The quantitative estimate of drug-likeness (QED) is 0.793. The lowest BCUT2D eigenvalue weighted by Gasteiger charge is -2.37. The molecule has 1 aromatic rings. The first-order chi connectivity index (χ1) is 8.66. The van der Waals surface area contributed by atoms with Gasteiger partial charge in [0.15, 0.2) is 0 Å². The summed E-state index contributed by atoms with van der Waals surface area (Å²) in [5, 5.41) is 9.97. The molecule has 1 N–H and O–H groups in total. The van der Waals surface area contributed by atoms with Crippen molar-refractivity contribution in [1.82, 2.24) is 4.90 Å². The average Bonchev–Trinajstić information content (AvgIpc) is 2.61. The maximum Gasteiger partial charge on any atom is 0.258 e. The van der Waals surface area contributed by atoms with E-state index in [0.717, 1.165) is 25.7 Å². The largest absolute Gasteiger partial charge is 0.507 e. The second-order valence-electron chi connectivity index (χ2n) is 5.18. The molecule has 2 aliphatic heterocycles. The smallest absolute Gasteiger partial charge is 0.258 e. The number of benzene rings is 1. The molecule has 2 aliphatic rings. The van der Waals surface area contributed by atoms with Crippen LogP contribution in [0.1, 0.15) is 36.0 Å². The van der Waals surface area contributed by atoms with Crippen molar-refractivity contribution in [1.29, 1.82) is 0 Å². The highest BCUT2D eigenvalue weighted by molar-refractivity contribution is 6.20. The summed E-state index contributed by atoms with van der Waals surface area (Å²) >= 11 is 6.21. The summed E-state index contributed by atoms with van der Waals surface area (Å²) in [7, 11) is 0. The number of piperidine rings is 1. The normalized spacial score (nSPS) is 30.5. The predicted molar refractivity (Wildman–Crippen MR) is 70.0 cm³/mol. The van der Waals surface area contributed by atoms with Gasteiger partial charge in [0.05, 0.1) is 5.56 Å². The Labute approximate surface area is 111 Å². The van der Waals surface area contributed by atoms with Crippen LogP contribution in [0.4, 0.5) is 0 Å². The lowest BCUT2D eigenvalue weighted by molar-refractivity contribution is 0.0596. The molecule has 3 nitrogen and oxygen atoms in total. The highest BCUT2D eigenvalue weighted by Gasteiger charge is 2.43. The number of alkyl halides is 1. The first kappa shape index (κ1) is 11.8. The number of para-hydroxylation sites is 1. The molecule has 2 bridgehead atoms. The Morgan fingerprint density at radius 2 is 1.83 bits per heavy atom. The van der Waals surface area contributed by atoms with Crippen molar-refractivity contribution in [3.8, 4) is 5.75 Å². The molecule has 2 heterocycles. The number of hydrogen-bond donors (Lipinski definition) is 1. The number of carbonyl (C=O) groups excluding carboxylic acids is 1. The molecular formula is C14H16ClNO2. The van der Waals surface area contributed by atoms with Crippen LogP contribution in [0.3, 0.4) is 0 Å². The maximum absolute atomic E-state index is 12.5. The van der Waals surface area contributed by atoms with Crippen LogP contribution in [0.15, 0.2) is 24.3 Å². The van der Waals surface area contributed by atoms with Gasteiger partial charge < -0.3 is 10.0 Å². The zero-order chi connectivity index (χ0) is 12.7. The van der Waals surface area contributed by atoms with Crippen molar-refractivity contribution in [2.45, 2.75) is 43.1 Å². The molecule has 0 spiro atoms. The summed E-state index contributed by atoms with van der Waals surface area (Å²) in [6.07, 6.45) is 3.81. The van der Waals surface area contributed by atoms with Crippen molar-refractivity contribution < 1.29 is 9.90 Å². The first-order valence-corrected chi connectivity index (χ1v) is 6.85. The Balaban J connectivity index is 1.88. The molecule has 4 heteroatoms. The minimum Gasteiger partial charge on any atom is -0.507 e. The number of halogens is 1. The molecule has 0 aromatic heterocycles. The standard InChI is InChI=1S/C14H16ClNO2/c15-9-7-10-5-6-11(8-9)16(10)14(18)12-3-1-2-4-13(12)17/h1-4,9-11,17H,5-8H2. The zero-order valence-electron chi connectivity index (χ0n) is 10.1. The predicted octanol–water partition coefficient (Wildman–Crippen LogP) is 2.77. The number of aromatic hydroxyl groups is 1. The van der Waals surface area contributed by atoms with Crippen molar-refractivity contribution >= 4 is 17.5 Å². The number of phenols is 1. The Morgan fingerprint density at radius 1 is 1.22 bits per heavy atom. The van der Waals surface area contributed by atoms with E-state index in [1.54, 1.807) is 24.3 Å². The van der Waals surface area contributed by atoms with Crippen molar-refractivity contribution in [3.63, 3.8) is 0 Å². The van der Waals surface area contributed by atoms with Gasteiger partial charge in [-0.05, 0) is 37.8 Å². The van der Waals surface area contributed by atoms with Crippen LogP contribution in [0.25, 0.3) is 0 Å². The Bertz CT molecular complexity index is 463. The molecule has 18 heavy (non-hydrogen) atoms. The summed E-state index contributed by atoms with van der Waals surface area (Å²) in [6.45, 7) is 0. The summed E-state index contributed by atoms with van der Waals surface area (Å²) in [5.74, 6) is 0.0130. The van der Waals surface area contributed by atoms with Gasteiger partial charge in [-0.2, -0.15) is 0 Å². The molecule has 0 radical (unpaired) electrons. The van der Waals surface area contributed by atoms with Crippen molar-refractivity contribution in [2.24, 2.45) is 0 Å². The van der Waals surface area contributed by atoms with E-state index in [1.807, 2.05) is 4.90 Å². The molecule has 3 rings (SSSR count). The molecule has 96 valence electrons. The number of rotatable bonds is 1. The monoisotopic (exact) mass is 265 g/mol. The fourth-order valence-corrected chi connectivity index (χ4v) is 3.65. The number of amides is 1. The minimum atomic E-state index is -0.0517. The van der Waals surface area contributed by atoms with E-state index in [2.05, 4.69) is 0 Å². The molecule has 1 aromatic carbocycles. The molecule has 2 fully saturated rings. The van der Waals surface area contributed by atoms with Gasteiger partial charge in [-0.25, -0.2) is 0 Å². The summed E-state index contributed by atoms with van der Waals surface area (Å²) in [5.41, 5.74) is 0.405. The Kier molecular flexibility index (Phi) is 2.94. The van der Waals surface area contributed by atoms with Gasteiger partial charge in [-0.1, -0.05) is 12.1 Å². The van der Waals surface area contributed by atoms with Crippen LogP contribution >= 0.6 is 11.6 Å². The average molecular weight is 266 g/mol. The Morgan fingerprint density at radius 3 is 2.44 bits per heavy atom. The van der Waals surface area contributed by atoms with Crippen molar-refractivity contribution in [2.75, 3.05) is 0 Å². The van der Waals surface area contributed by atoms with Gasteiger partial charge in [0.1, 0.15) is 5.75 Å². The van der Waals surface area contributed by atoms with Gasteiger partial charge in [-0.3, -0.25) is 4.79 Å². The van der Waals surface area contributed by atoms with Crippen LogP contribution in [0.5, 0.6) is 5.75 Å². The topological polar surface area (TPSA) is 40.5 Å². The van der Waals surface area contributed by atoms with Crippen LogP contribution in [-0.4, -0.2) is 33.4 Å². The van der Waals surface area contributed by atoms with Gasteiger partial charge in [0.2, 0.25) is 0 Å². The third-order valence-corrected chi connectivity index (χ3v) is 4.40. The van der Waals surface area contributed by atoms with Gasteiger partial charge >= 0.3 is 0 Å². The number of nitrogens with zero attached hydrogens (tertiary/aromatic N) is 1. The molecule has 2 unspecified atom stereocenters. The third kappa shape index (κ3) is 1.87. The van der Waals surface area contributed by atoms with Crippen LogP contribution in [-0.2, 0) is 0 Å². The van der Waals surface area contributed by atoms with E-state index in [-0.39, 0.29) is 29.1 Å². The highest BCUT2D eigenvalue weighted by atomic mass is 35.5. The molecule has 2 saturated heterocycles. The SMILES string of the molecule is O=C(c1ccccc1O)N1C2CCC1CC(Cl)C2. The number of carbonyl (C=O) groups is 1. The molecule has 2 atom stereocenters. The molecule has 1 amide bonds.